The molecule has 25 heavy (non-hydrogen) atoms. The molecule has 0 unspecified atom stereocenters. The topological polar surface area (TPSA) is 79.0 Å². The van der Waals surface area contributed by atoms with E-state index in [1.54, 1.807) is 20.8 Å². The molecule has 7 heteroatoms. The van der Waals surface area contributed by atoms with E-state index in [9.17, 15) is 14.4 Å². The average Bonchev–Trinajstić information content (AvgIpc) is 2.49. The van der Waals surface area contributed by atoms with Crippen LogP contribution in [0.1, 0.15) is 26.3 Å². The van der Waals surface area contributed by atoms with Crippen molar-refractivity contribution in [1.29, 1.82) is 0 Å². The molecule has 1 heterocycles. The van der Waals surface area contributed by atoms with Crippen molar-refractivity contribution in [3.8, 4) is 0 Å². The molecule has 136 valence electrons. The second kappa shape index (κ2) is 8.11. The average molecular weight is 347 g/mol. The van der Waals surface area contributed by atoms with Crippen LogP contribution in [0.2, 0.25) is 0 Å². The summed E-state index contributed by atoms with van der Waals surface area (Å²) in [5.74, 6) is -0.503. The number of benzene rings is 1. The number of hydrogen-bond donors (Lipinski definition) is 1. The normalized spacial score (nSPS) is 16.0. The van der Waals surface area contributed by atoms with Gasteiger partial charge in [-0.05, 0) is 26.3 Å². The van der Waals surface area contributed by atoms with E-state index in [-0.39, 0.29) is 38.0 Å². The quantitative estimate of drug-likeness (QED) is 0.814. The first-order valence-corrected chi connectivity index (χ1v) is 8.31. The van der Waals surface area contributed by atoms with E-state index in [2.05, 4.69) is 5.32 Å². The van der Waals surface area contributed by atoms with E-state index in [0.29, 0.717) is 6.54 Å². The number of nitrogens with one attached hydrogen (secondary N) is 1. The number of piperazine rings is 1. The summed E-state index contributed by atoms with van der Waals surface area (Å²) in [5, 5.41) is 2.56. The molecule has 7 nitrogen and oxygen atoms in total. The lowest BCUT2D eigenvalue weighted by Gasteiger charge is -2.32. The zero-order valence-electron chi connectivity index (χ0n) is 14.9. The molecule has 1 aliphatic rings. The molecule has 2 rings (SSSR count). The van der Waals surface area contributed by atoms with Crippen LogP contribution in [0.5, 0.6) is 0 Å². The number of carbonyl (C=O) groups is 3. The molecule has 1 fully saturated rings. The van der Waals surface area contributed by atoms with Gasteiger partial charge in [0, 0.05) is 19.6 Å². The molecule has 0 aromatic heterocycles. The van der Waals surface area contributed by atoms with E-state index in [1.165, 1.54) is 4.90 Å². The van der Waals surface area contributed by atoms with Crippen molar-refractivity contribution in [3.63, 3.8) is 0 Å². The molecule has 1 N–H and O–H groups in total. The number of hydrogen-bond acceptors (Lipinski definition) is 5. The van der Waals surface area contributed by atoms with E-state index in [1.807, 2.05) is 35.2 Å². The van der Waals surface area contributed by atoms with Crippen LogP contribution in [0.25, 0.3) is 0 Å². The molecule has 3 amide bonds. The zero-order valence-corrected chi connectivity index (χ0v) is 14.9. The first-order valence-electron chi connectivity index (χ1n) is 8.31. The Morgan fingerprint density at radius 3 is 2.28 bits per heavy atom. The summed E-state index contributed by atoms with van der Waals surface area (Å²) in [4.78, 5) is 39.1. The maximum atomic E-state index is 12.2. The van der Waals surface area contributed by atoms with Gasteiger partial charge in [0.05, 0.1) is 13.1 Å². The summed E-state index contributed by atoms with van der Waals surface area (Å²) >= 11 is 0. The second-order valence-corrected chi connectivity index (χ2v) is 7.00. The van der Waals surface area contributed by atoms with Gasteiger partial charge < -0.3 is 10.1 Å². The Kier molecular flexibility index (Phi) is 6.14. The predicted octanol–water partition coefficient (Wildman–Crippen LogP) is 1.38. The van der Waals surface area contributed by atoms with Crippen LogP contribution in [0, 0.1) is 0 Å². The first kappa shape index (κ1) is 18.9. The minimum atomic E-state index is -0.585. The number of ether oxygens (including phenoxy) is 1. The molecule has 1 saturated heterocycles. The van der Waals surface area contributed by atoms with E-state index in [0.717, 1.165) is 5.56 Å². The van der Waals surface area contributed by atoms with E-state index in [4.69, 9.17) is 4.74 Å². The Morgan fingerprint density at radius 1 is 1.12 bits per heavy atom. The fraction of sp³-hybridized carbons (Fsp3) is 0.500. The minimum absolute atomic E-state index is 0.149. The second-order valence-electron chi connectivity index (χ2n) is 7.00. The molecule has 0 atom stereocenters. The van der Waals surface area contributed by atoms with Gasteiger partial charge in [0.2, 0.25) is 11.8 Å². The number of imide groups is 1. The van der Waals surface area contributed by atoms with Crippen molar-refractivity contribution >= 4 is 17.9 Å². The Labute approximate surface area is 147 Å². The largest absolute Gasteiger partial charge is 0.444 e. The Balaban J connectivity index is 1.79. The number of rotatable bonds is 5. The molecule has 0 radical (unpaired) electrons. The predicted molar refractivity (Wildman–Crippen MR) is 92.7 cm³/mol. The van der Waals surface area contributed by atoms with Crippen LogP contribution in [0.15, 0.2) is 30.3 Å². The summed E-state index contributed by atoms with van der Waals surface area (Å²) in [6.45, 7) is 6.56. The van der Waals surface area contributed by atoms with Crippen molar-refractivity contribution in [2.75, 3.05) is 26.2 Å². The molecule has 0 bridgehead atoms. The summed E-state index contributed by atoms with van der Waals surface area (Å²) in [7, 11) is 0. The van der Waals surface area contributed by atoms with Gasteiger partial charge in [-0.15, -0.1) is 0 Å². The SMILES string of the molecule is CC(C)(C)OC(=O)NCCN1C(=O)CN(Cc2ccccc2)CC1=O. The fourth-order valence-electron chi connectivity index (χ4n) is 2.54. The Bertz CT molecular complexity index is 607. The van der Waals surface area contributed by atoms with Gasteiger partial charge in [-0.3, -0.25) is 19.4 Å². The highest BCUT2D eigenvalue weighted by Gasteiger charge is 2.30. The molecule has 1 aliphatic heterocycles. The van der Waals surface area contributed by atoms with E-state index < -0.39 is 11.7 Å². The number of nitrogens with zero attached hydrogens (tertiary/aromatic N) is 2. The van der Waals surface area contributed by atoms with Crippen molar-refractivity contribution in [2.24, 2.45) is 0 Å². The third kappa shape index (κ3) is 6.19. The first-order chi connectivity index (χ1) is 11.7. The van der Waals surface area contributed by atoms with Gasteiger partial charge in [0.25, 0.3) is 0 Å². The molecule has 0 saturated carbocycles. The van der Waals surface area contributed by atoms with Crippen molar-refractivity contribution in [1.82, 2.24) is 15.1 Å². The van der Waals surface area contributed by atoms with Gasteiger partial charge in [0.1, 0.15) is 5.60 Å². The van der Waals surface area contributed by atoms with Gasteiger partial charge in [-0.1, -0.05) is 30.3 Å². The van der Waals surface area contributed by atoms with Crippen LogP contribution in [0.3, 0.4) is 0 Å². The van der Waals surface area contributed by atoms with Crippen LogP contribution in [-0.4, -0.2) is 59.5 Å². The number of carbonyl (C=O) groups excluding carboxylic acids is 3. The third-order valence-corrected chi connectivity index (χ3v) is 3.57. The van der Waals surface area contributed by atoms with Gasteiger partial charge in [-0.25, -0.2) is 4.79 Å². The van der Waals surface area contributed by atoms with Crippen LogP contribution in [0.4, 0.5) is 4.79 Å². The number of amides is 3. The monoisotopic (exact) mass is 347 g/mol. The molecular weight excluding hydrogens is 322 g/mol. The maximum absolute atomic E-state index is 12.2. The lowest BCUT2D eigenvalue weighted by atomic mass is 10.2. The van der Waals surface area contributed by atoms with Crippen molar-refractivity contribution < 1.29 is 19.1 Å². The maximum Gasteiger partial charge on any atom is 0.407 e. The van der Waals surface area contributed by atoms with Gasteiger partial charge in [-0.2, -0.15) is 0 Å². The standard InChI is InChI=1S/C18H25N3O4/c1-18(2,3)25-17(24)19-9-10-21-15(22)12-20(13-16(21)23)11-14-7-5-4-6-8-14/h4-8H,9-13H2,1-3H3,(H,19,24). The summed E-state index contributed by atoms with van der Waals surface area (Å²) in [5.41, 5.74) is 0.474. The number of alkyl carbamates (subject to hydrolysis) is 1. The zero-order chi connectivity index (χ0) is 18.4. The molecule has 0 spiro atoms. The highest BCUT2D eigenvalue weighted by molar-refractivity contribution is 5.99. The van der Waals surface area contributed by atoms with Crippen LogP contribution < -0.4 is 5.32 Å². The molecule has 1 aromatic rings. The Morgan fingerprint density at radius 2 is 1.72 bits per heavy atom. The highest BCUT2D eigenvalue weighted by Crippen LogP contribution is 2.10. The lowest BCUT2D eigenvalue weighted by Crippen LogP contribution is -2.55. The summed E-state index contributed by atoms with van der Waals surface area (Å²) in [6, 6.07) is 9.71. The Hall–Kier alpha value is -2.41. The molecule has 0 aliphatic carbocycles. The van der Waals surface area contributed by atoms with Gasteiger partial charge >= 0.3 is 6.09 Å². The fourth-order valence-corrected chi connectivity index (χ4v) is 2.54. The van der Waals surface area contributed by atoms with Crippen molar-refractivity contribution in [3.05, 3.63) is 35.9 Å². The lowest BCUT2D eigenvalue weighted by molar-refractivity contribution is -0.151. The van der Waals surface area contributed by atoms with Gasteiger partial charge in [0.15, 0.2) is 0 Å². The van der Waals surface area contributed by atoms with Crippen molar-refractivity contribution in [2.45, 2.75) is 32.9 Å². The molecular formula is C18H25N3O4. The van der Waals surface area contributed by atoms with Crippen LogP contribution in [-0.2, 0) is 20.9 Å². The third-order valence-electron chi connectivity index (χ3n) is 3.57. The highest BCUT2D eigenvalue weighted by atomic mass is 16.6. The smallest absolute Gasteiger partial charge is 0.407 e. The van der Waals surface area contributed by atoms with E-state index >= 15 is 0 Å². The minimum Gasteiger partial charge on any atom is -0.444 e. The summed E-state index contributed by atoms with van der Waals surface area (Å²) < 4.78 is 5.12. The van der Waals surface area contributed by atoms with Crippen LogP contribution >= 0.6 is 0 Å². The summed E-state index contributed by atoms with van der Waals surface area (Å²) in [6.07, 6.45) is -0.560. The molecule has 1 aromatic carbocycles.